The average molecular weight is 484 g/mol. The van der Waals surface area contributed by atoms with Crippen molar-refractivity contribution in [2.45, 2.75) is 13.5 Å². The van der Waals surface area contributed by atoms with E-state index in [-0.39, 0.29) is 12.3 Å². The topological polar surface area (TPSA) is 112 Å². The minimum atomic E-state index is -0.513. The molecule has 0 fully saturated rings. The quantitative estimate of drug-likeness (QED) is 0.239. The number of non-ortho nitro benzene ring substituents is 1. The van der Waals surface area contributed by atoms with Gasteiger partial charge in [0.25, 0.3) is 11.6 Å². The molecule has 0 unspecified atom stereocenters. The van der Waals surface area contributed by atoms with Crippen LogP contribution in [0.25, 0.3) is 0 Å². The van der Waals surface area contributed by atoms with Crippen LogP contribution < -0.4 is 19.6 Å². The molecular weight excluding hydrogens is 462 g/mol. The van der Waals surface area contributed by atoms with Gasteiger partial charge in [-0.05, 0) is 60.5 Å². The lowest BCUT2D eigenvalue weighted by Crippen LogP contribution is -2.24. The van der Waals surface area contributed by atoms with Crippen LogP contribution in [-0.2, 0) is 11.4 Å². The number of carbonyl (C=O) groups is 1. The van der Waals surface area contributed by atoms with Crippen LogP contribution in [0.5, 0.6) is 17.2 Å². The van der Waals surface area contributed by atoms with E-state index in [2.05, 4.69) is 10.5 Å². The van der Waals surface area contributed by atoms with E-state index in [0.29, 0.717) is 41.0 Å². The SMILES string of the molecule is CCOc1cc(/C=N\NC(=O)COc2ccc([N+](=O)[O-])cc2)ccc1OCc1ccc(Cl)cc1. The van der Waals surface area contributed by atoms with Crippen molar-refractivity contribution in [2.24, 2.45) is 5.10 Å². The number of hydrogen-bond donors (Lipinski definition) is 1. The number of nitrogens with one attached hydrogen (secondary N) is 1. The number of ether oxygens (including phenoxy) is 3. The summed E-state index contributed by atoms with van der Waals surface area (Å²) >= 11 is 5.91. The van der Waals surface area contributed by atoms with Crippen LogP contribution in [0.4, 0.5) is 5.69 Å². The predicted molar refractivity (Wildman–Crippen MR) is 128 cm³/mol. The van der Waals surface area contributed by atoms with Crippen molar-refractivity contribution < 1.29 is 23.9 Å². The van der Waals surface area contributed by atoms with Crippen molar-refractivity contribution in [1.29, 1.82) is 0 Å². The summed E-state index contributed by atoms with van der Waals surface area (Å²) in [4.78, 5) is 22.1. The average Bonchev–Trinajstić information content (AvgIpc) is 2.84. The molecular formula is C24H22ClN3O6. The molecule has 34 heavy (non-hydrogen) atoms. The molecule has 10 heteroatoms. The summed E-state index contributed by atoms with van der Waals surface area (Å²) in [5.74, 6) is 0.977. The largest absolute Gasteiger partial charge is 0.490 e. The first-order valence-electron chi connectivity index (χ1n) is 10.3. The molecule has 9 nitrogen and oxygen atoms in total. The fourth-order valence-corrected chi connectivity index (χ4v) is 2.88. The number of amides is 1. The van der Waals surface area contributed by atoms with Gasteiger partial charge in [0.15, 0.2) is 18.1 Å². The Balaban J connectivity index is 1.52. The highest BCUT2D eigenvalue weighted by Gasteiger charge is 2.08. The minimum absolute atomic E-state index is 0.0609. The molecule has 0 heterocycles. The van der Waals surface area contributed by atoms with E-state index in [4.69, 9.17) is 25.8 Å². The van der Waals surface area contributed by atoms with Gasteiger partial charge in [0.1, 0.15) is 12.4 Å². The van der Waals surface area contributed by atoms with E-state index < -0.39 is 10.8 Å². The first-order valence-corrected chi connectivity index (χ1v) is 10.7. The Bertz CT molecular complexity index is 1150. The number of nitrogens with zero attached hydrogens (tertiary/aromatic N) is 2. The van der Waals surface area contributed by atoms with Gasteiger partial charge in [0.2, 0.25) is 0 Å². The molecule has 1 amide bonds. The highest BCUT2D eigenvalue weighted by molar-refractivity contribution is 6.30. The normalized spacial score (nSPS) is 10.6. The van der Waals surface area contributed by atoms with Gasteiger partial charge >= 0.3 is 0 Å². The molecule has 3 rings (SSSR count). The second-order valence-corrected chi connectivity index (χ2v) is 7.32. The summed E-state index contributed by atoms with van der Waals surface area (Å²) < 4.78 is 16.8. The van der Waals surface area contributed by atoms with E-state index in [1.165, 1.54) is 30.5 Å². The molecule has 0 atom stereocenters. The molecule has 176 valence electrons. The third-order valence-electron chi connectivity index (χ3n) is 4.40. The number of halogens is 1. The zero-order chi connectivity index (χ0) is 24.3. The van der Waals surface area contributed by atoms with Crippen LogP contribution in [0.2, 0.25) is 5.02 Å². The number of hydrogen-bond acceptors (Lipinski definition) is 7. The van der Waals surface area contributed by atoms with Crippen LogP contribution in [0.15, 0.2) is 71.8 Å². The lowest BCUT2D eigenvalue weighted by molar-refractivity contribution is -0.384. The van der Waals surface area contributed by atoms with Gasteiger partial charge in [-0.3, -0.25) is 14.9 Å². The van der Waals surface area contributed by atoms with Crippen molar-refractivity contribution in [3.63, 3.8) is 0 Å². The van der Waals surface area contributed by atoms with Gasteiger partial charge in [-0.2, -0.15) is 5.10 Å². The number of hydrazone groups is 1. The third kappa shape index (κ3) is 7.49. The fourth-order valence-electron chi connectivity index (χ4n) is 2.76. The molecule has 3 aromatic rings. The molecule has 1 N–H and O–H groups in total. The number of nitro benzene ring substituents is 1. The van der Waals surface area contributed by atoms with Crippen LogP contribution in [0, 0.1) is 10.1 Å². The van der Waals surface area contributed by atoms with Crippen LogP contribution in [0.3, 0.4) is 0 Å². The Morgan fingerprint density at radius 3 is 2.44 bits per heavy atom. The Morgan fingerprint density at radius 2 is 1.76 bits per heavy atom. The minimum Gasteiger partial charge on any atom is -0.490 e. The highest BCUT2D eigenvalue weighted by Crippen LogP contribution is 2.29. The molecule has 3 aromatic carbocycles. The molecule has 0 aliphatic heterocycles. The van der Waals surface area contributed by atoms with Crippen molar-refractivity contribution in [1.82, 2.24) is 5.43 Å². The maximum Gasteiger partial charge on any atom is 0.277 e. The molecule has 0 aliphatic rings. The molecule has 0 saturated carbocycles. The molecule has 0 spiro atoms. The van der Waals surface area contributed by atoms with Crippen LogP contribution in [0.1, 0.15) is 18.1 Å². The standard InChI is InChI=1S/C24H22ClN3O6/c1-2-32-23-13-18(5-12-22(23)34-15-17-3-6-19(25)7-4-17)14-26-27-24(29)16-33-21-10-8-20(9-11-21)28(30)31/h3-14H,2,15-16H2,1H3,(H,27,29)/b26-14-. The molecule has 0 bridgehead atoms. The number of benzene rings is 3. The summed E-state index contributed by atoms with van der Waals surface area (Å²) in [5, 5.41) is 15.2. The van der Waals surface area contributed by atoms with Gasteiger partial charge in [0, 0.05) is 17.2 Å². The summed E-state index contributed by atoms with van der Waals surface area (Å²) in [5.41, 5.74) is 3.96. The maximum absolute atomic E-state index is 11.9. The molecule has 0 radical (unpaired) electrons. The first-order chi connectivity index (χ1) is 16.4. The lowest BCUT2D eigenvalue weighted by Gasteiger charge is -2.12. The number of carbonyl (C=O) groups excluding carboxylic acids is 1. The van der Waals surface area contributed by atoms with Gasteiger partial charge in [0.05, 0.1) is 17.7 Å². The fraction of sp³-hybridized carbons (Fsp3) is 0.167. The van der Waals surface area contributed by atoms with E-state index >= 15 is 0 Å². The Labute approximate surface area is 201 Å². The summed E-state index contributed by atoms with van der Waals surface area (Å²) in [6.45, 7) is 2.38. The van der Waals surface area contributed by atoms with Crippen LogP contribution >= 0.6 is 11.6 Å². The molecule has 0 aliphatic carbocycles. The van der Waals surface area contributed by atoms with E-state index in [0.717, 1.165) is 5.56 Å². The van der Waals surface area contributed by atoms with Crippen molar-refractivity contribution in [3.8, 4) is 17.2 Å². The van der Waals surface area contributed by atoms with Gasteiger partial charge in [-0.25, -0.2) is 5.43 Å². The van der Waals surface area contributed by atoms with Crippen molar-refractivity contribution in [3.05, 3.63) is 93.0 Å². The number of rotatable bonds is 11. The molecule has 0 aromatic heterocycles. The Kier molecular flexibility index (Phi) is 8.81. The zero-order valence-corrected chi connectivity index (χ0v) is 19.0. The zero-order valence-electron chi connectivity index (χ0n) is 18.3. The monoisotopic (exact) mass is 483 g/mol. The van der Waals surface area contributed by atoms with Gasteiger partial charge in [-0.1, -0.05) is 23.7 Å². The van der Waals surface area contributed by atoms with Gasteiger partial charge < -0.3 is 14.2 Å². The predicted octanol–water partition coefficient (Wildman–Crippen LogP) is 4.76. The van der Waals surface area contributed by atoms with Gasteiger partial charge in [-0.15, -0.1) is 0 Å². The highest BCUT2D eigenvalue weighted by atomic mass is 35.5. The smallest absolute Gasteiger partial charge is 0.277 e. The summed E-state index contributed by atoms with van der Waals surface area (Å²) in [6, 6.07) is 18.1. The van der Waals surface area contributed by atoms with Crippen molar-refractivity contribution >= 4 is 29.4 Å². The van der Waals surface area contributed by atoms with E-state index in [1.54, 1.807) is 30.3 Å². The van der Waals surface area contributed by atoms with E-state index in [9.17, 15) is 14.9 Å². The Hall–Kier alpha value is -4.11. The maximum atomic E-state index is 11.9. The van der Waals surface area contributed by atoms with E-state index in [1.807, 2.05) is 19.1 Å². The molecule has 0 saturated heterocycles. The second kappa shape index (κ2) is 12.2. The lowest BCUT2D eigenvalue weighted by atomic mass is 10.2. The first kappa shape index (κ1) is 24.5. The summed E-state index contributed by atoms with van der Waals surface area (Å²) in [6.07, 6.45) is 1.47. The Morgan fingerprint density at radius 1 is 1.03 bits per heavy atom. The number of nitro groups is 1. The van der Waals surface area contributed by atoms with Crippen LogP contribution in [-0.4, -0.2) is 30.3 Å². The second-order valence-electron chi connectivity index (χ2n) is 6.89. The third-order valence-corrected chi connectivity index (χ3v) is 4.65. The van der Waals surface area contributed by atoms with Crippen molar-refractivity contribution in [2.75, 3.05) is 13.2 Å². The summed E-state index contributed by atoms with van der Waals surface area (Å²) in [7, 11) is 0.